The Bertz CT molecular complexity index is 2690. The van der Waals surface area contributed by atoms with Gasteiger partial charge in [0.1, 0.15) is 17.3 Å². The molecule has 0 unspecified atom stereocenters. The summed E-state index contributed by atoms with van der Waals surface area (Å²) < 4.78 is 94.4. The lowest BCUT2D eigenvalue weighted by Crippen LogP contribution is -2.35. The van der Waals surface area contributed by atoms with Crippen LogP contribution in [0.4, 0.5) is 37.7 Å². The highest BCUT2D eigenvalue weighted by Gasteiger charge is 2.39. The highest BCUT2D eigenvalue weighted by molar-refractivity contribution is 5.90. The van der Waals surface area contributed by atoms with Gasteiger partial charge in [0.15, 0.2) is 0 Å². The molecule has 0 atom stereocenters. The molecule has 4 nitrogen and oxygen atoms in total. The normalized spacial score (nSPS) is 20.2. The van der Waals surface area contributed by atoms with E-state index in [4.69, 9.17) is 4.74 Å². The summed E-state index contributed by atoms with van der Waals surface area (Å²) in [6.07, 6.45) is 10.4. The molecule has 0 radical (unpaired) electrons. The van der Waals surface area contributed by atoms with Gasteiger partial charge in [0.05, 0.1) is 11.1 Å². The molecule has 0 saturated heterocycles. The Kier molecular flexibility index (Phi) is 12.1. The van der Waals surface area contributed by atoms with Crippen LogP contribution in [-0.2, 0) is 38.0 Å². The number of hydrogen-bond donors (Lipinski definition) is 1. The summed E-state index contributed by atoms with van der Waals surface area (Å²) in [5.74, 6) is 1.82. The fourth-order valence-corrected chi connectivity index (χ4v) is 10.8. The standard InChI is InChI=1S/C57H62F6N2O2/c1-34(54(2,3)4)27-37(46-30-39-15-9-23-64-25-11-17-44(50(39)64)52(46)66)21-19-35-13-8-14-36(49(35)41-28-42(56(58,59)60)33-43(29-41)57(61,62)63)20-22-38-32-48(55(5,6)7)67-53-45-18-12-26-65-24-10-16-40(51(45)65)31-47(38)53/h19-22,27-33,66H,1,8-18,23-26H2,2-7H3/b21-19+,36-20+,37-27-,38-22+. The van der Waals surface area contributed by atoms with E-state index in [1.165, 1.54) is 16.8 Å². The molecular weight excluding hydrogens is 859 g/mol. The Morgan fingerprint density at radius 2 is 1.27 bits per heavy atom. The number of anilines is 2. The highest BCUT2D eigenvalue weighted by atomic mass is 19.4. The van der Waals surface area contributed by atoms with Gasteiger partial charge in [-0.2, -0.15) is 26.3 Å². The third-order valence-electron chi connectivity index (χ3n) is 14.5. The number of nitrogens with zero attached hydrogens (tertiary/aromatic N) is 2. The van der Waals surface area contributed by atoms with E-state index >= 15 is 0 Å². The van der Waals surface area contributed by atoms with Gasteiger partial charge in [-0.1, -0.05) is 78.5 Å². The Hall–Kier alpha value is -5.38. The number of rotatable bonds is 6. The predicted molar refractivity (Wildman–Crippen MR) is 259 cm³/mol. The van der Waals surface area contributed by atoms with Crippen LogP contribution < -0.4 is 14.5 Å². The van der Waals surface area contributed by atoms with Crippen molar-refractivity contribution in [3.8, 4) is 11.5 Å². The Balaban J connectivity index is 1.25. The van der Waals surface area contributed by atoms with E-state index in [-0.39, 0.29) is 28.2 Å². The lowest BCUT2D eigenvalue weighted by molar-refractivity contribution is -0.143. The van der Waals surface area contributed by atoms with Crippen molar-refractivity contribution < 1.29 is 36.2 Å². The number of alkyl halides is 6. The summed E-state index contributed by atoms with van der Waals surface area (Å²) in [4.78, 5) is 4.83. The summed E-state index contributed by atoms with van der Waals surface area (Å²) in [6.45, 7) is 20.7. The largest absolute Gasteiger partial charge is 0.507 e. The smallest absolute Gasteiger partial charge is 0.416 e. The zero-order valence-electron chi connectivity index (χ0n) is 39.7. The Morgan fingerprint density at radius 1 is 0.687 bits per heavy atom. The molecule has 67 heavy (non-hydrogen) atoms. The molecule has 0 aromatic heterocycles. The van der Waals surface area contributed by atoms with Crippen LogP contribution in [0.1, 0.15) is 137 Å². The van der Waals surface area contributed by atoms with E-state index in [0.29, 0.717) is 47.1 Å². The van der Waals surface area contributed by atoms with Crippen LogP contribution in [0.25, 0.3) is 16.7 Å². The monoisotopic (exact) mass is 920 g/mol. The van der Waals surface area contributed by atoms with Crippen LogP contribution in [0, 0.1) is 10.8 Å². The lowest BCUT2D eigenvalue weighted by Gasteiger charge is -2.40. The van der Waals surface area contributed by atoms with Crippen molar-refractivity contribution in [3.63, 3.8) is 0 Å². The molecule has 1 aliphatic carbocycles. The molecular formula is C57H62F6N2O2. The number of allylic oxidation sites excluding steroid dienone is 13. The van der Waals surface area contributed by atoms with Crippen molar-refractivity contribution in [1.82, 2.24) is 0 Å². The number of hydrogen-bond acceptors (Lipinski definition) is 4. The molecule has 1 N–H and O–H groups in total. The molecule has 10 heteroatoms. The number of phenolic OH excluding ortho intramolecular Hbond substituents is 1. The maximum atomic E-state index is 14.6. The number of phenols is 1. The minimum absolute atomic E-state index is 0.145. The molecule has 6 aliphatic rings. The number of halogens is 6. The third kappa shape index (κ3) is 9.18. The minimum atomic E-state index is -5.02. The van der Waals surface area contributed by atoms with Gasteiger partial charge in [-0.3, -0.25) is 0 Å². The highest BCUT2D eigenvalue weighted by Crippen LogP contribution is 2.51. The van der Waals surface area contributed by atoms with E-state index < -0.39 is 23.5 Å². The first kappa shape index (κ1) is 46.7. The van der Waals surface area contributed by atoms with Gasteiger partial charge >= 0.3 is 12.4 Å². The molecule has 5 aliphatic heterocycles. The summed E-state index contributed by atoms with van der Waals surface area (Å²) in [5, 5.41) is 12.1. The first-order chi connectivity index (χ1) is 31.6. The van der Waals surface area contributed by atoms with Gasteiger partial charge in [0.25, 0.3) is 0 Å². The third-order valence-corrected chi connectivity index (χ3v) is 14.5. The van der Waals surface area contributed by atoms with Crippen molar-refractivity contribution >= 4 is 28.1 Å². The molecule has 5 heterocycles. The van der Waals surface area contributed by atoms with Gasteiger partial charge in [0.2, 0.25) is 0 Å². The molecule has 9 rings (SSSR count). The van der Waals surface area contributed by atoms with Gasteiger partial charge in [0, 0.05) is 65.2 Å². The molecule has 3 aromatic carbocycles. The van der Waals surface area contributed by atoms with Gasteiger partial charge in [-0.25, -0.2) is 0 Å². The summed E-state index contributed by atoms with van der Waals surface area (Å²) >= 11 is 0. The molecule has 3 aromatic rings. The second-order valence-corrected chi connectivity index (χ2v) is 21.3. The van der Waals surface area contributed by atoms with E-state index in [1.54, 1.807) is 0 Å². The lowest BCUT2D eigenvalue weighted by atomic mass is 9.80. The number of aromatic hydroxyl groups is 1. The zero-order valence-corrected chi connectivity index (χ0v) is 39.7. The fraction of sp³-hybridized carbons (Fsp3) is 0.439. The van der Waals surface area contributed by atoms with Crippen LogP contribution in [-0.4, -0.2) is 31.3 Å². The summed E-state index contributed by atoms with van der Waals surface area (Å²) in [6, 6.07) is 6.20. The van der Waals surface area contributed by atoms with Crippen LogP contribution in [0.15, 0.2) is 95.8 Å². The molecule has 0 amide bonds. The van der Waals surface area contributed by atoms with Crippen LogP contribution in [0.2, 0.25) is 0 Å². The summed E-state index contributed by atoms with van der Waals surface area (Å²) in [5.41, 5.74) is 8.93. The van der Waals surface area contributed by atoms with Crippen LogP contribution in [0.5, 0.6) is 11.5 Å². The average Bonchev–Trinajstić information content (AvgIpc) is 3.27. The Labute approximate surface area is 391 Å². The minimum Gasteiger partial charge on any atom is -0.507 e. The van der Waals surface area contributed by atoms with Crippen LogP contribution in [0.3, 0.4) is 0 Å². The van der Waals surface area contributed by atoms with Crippen LogP contribution >= 0.6 is 0 Å². The molecule has 0 bridgehead atoms. The number of benzene rings is 3. The van der Waals surface area contributed by atoms with Gasteiger partial charge < -0.3 is 19.6 Å². The van der Waals surface area contributed by atoms with Gasteiger partial charge in [-0.15, -0.1) is 0 Å². The molecule has 354 valence electrons. The zero-order chi connectivity index (χ0) is 47.8. The van der Waals surface area contributed by atoms with Crippen molar-refractivity contribution in [2.75, 3.05) is 36.0 Å². The molecule has 0 saturated carbocycles. The SMILES string of the molecule is C=C(/C=C(/C=C/C1=C(c2cc(C(F)(F)F)cc(C(F)(F)F)c2)C(=C/C=C2\C=C(C(C)(C)C)Oc3c2cc2c4c3CCCN4CCC2)/CCC1)c1cc2c3c(c1O)CCCN3CCC2)C(C)(C)C. The number of fused-ring (bicyclic) bond motifs is 2. The average molecular weight is 921 g/mol. The van der Waals surface area contributed by atoms with E-state index in [0.717, 1.165) is 135 Å². The summed E-state index contributed by atoms with van der Waals surface area (Å²) in [7, 11) is 0. The second kappa shape index (κ2) is 17.3. The van der Waals surface area contributed by atoms with E-state index in [1.807, 2.05) is 36.5 Å². The molecule has 0 fully saturated rings. The predicted octanol–water partition coefficient (Wildman–Crippen LogP) is 15.3. The maximum Gasteiger partial charge on any atom is 0.416 e. The second-order valence-electron chi connectivity index (χ2n) is 21.3. The maximum absolute atomic E-state index is 14.6. The van der Waals surface area contributed by atoms with Gasteiger partial charge in [-0.05, 0) is 163 Å². The first-order valence-corrected chi connectivity index (χ1v) is 24.1. The topological polar surface area (TPSA) is 35.9 Å². The van der Waals surface area contributed by atoms with Crippen molar-refractivity contribution in [3.05, 3.63) is 146 Å². The van der Waals surface area contributed by atoms with E-state index in [2.05, 4.69) is 70.1 Å². The van der Waals surface area contributed by atoms with E-state index in [9.17, 15) is 31.4 Å². The fourth-order valence-electron chi connectivity index (χ4n) is 10.8. The number of aryl methyl sites for hydroxylation is 2. The van der Waals surface area contributed by atoms with Crippen molar-refractivity contribution in [1.29, 1.82) is 0 Å². The first-order valence-electron chi connectivity index (χ1n) is 24.1. The van der Waals surface area contributed by atoms with Crippen molar-refractivity contribution in [2.45, 2.75) is 125 Å². The quantitative estimate of drug-likeness (QED) is 0.197. The molecule has 0 spiro atoms. The Morgan fingerprint density at radius 3 is 1.87 bits per heavy atom. The van der Waals surface area contributed by atoms with Crippen molar-refractivity contribution in [2.24, 2.45) is 10.8 Å². The number of ether oxygens (including phenoxy) is 1.